The third-order valence-electron chi connectivity index (χ3n) is 5.67. The summed E-state index contributed by atoms with van der Waals surface area (Å²) in [6.07, 6.45) is 0. The van der Waals surface area contributed by atoms with Crippen LogP contribution >= 0.6 is 0 Å². The van der Waals surface area contributed by atoms with Gasteiger partial charge in [-0.2, -0.15) is 0 Å². The fraction of sp³-hybridized carbons (Fsp3) is 0.435. The molecule has 0 bridgehead atoms. The molecule has 0 aliphatic carbocycles. The number of carbonyl (C=O) groups excluding carboxylic acids is 1. The first-order valence-corrected chi connectivity index (χ1v) is 12.5. The first-order valence-electron chi connectivity index (χ1n) is 9.60. The molecule has 158 valence electrons. The fourth-order valence-corrected chi connectivity index (χ4v) is 3.91. The van der Waals surface area contributed by atoms with Gasteiger partial charge in [0.05, 0.1) is 32.5 Å². The maximum absolute atomic E-state index is 12.1. The summed E-state index contributed by atoms with van der Waals surface area (Å²) in [6, 6.07) is 9.30. The van der Waals surface area contributed by atoms with Crippen LogP contribution < -0.4 is 13.9 Å². The molecule has 0 saturated heterocycles. The van der Waals surface area contributed by atoms with Crippen molar-refractivity contribution in [3.05, 3.63) is 41.5 Å². The third kappa shape index (κ3) is 4.58. The van der Waals surface area contributed by atoms with Crippen LogP contribution in [0.4, 0.5) is 0 Å². The van der Waals surface area contributed by atoms with Gasteiger partial charge in [-0.15, -0.1) is 0 Å². The molecule has 2 aromatic carbocycles. The molecule has 2 rings (SSSR count). The maximum Gasteiger partial charge on any atom is 0.338 e. The average Bonchev–Trinajstić information content (AvgIpc) is 2.65. The average molecular weight is 417 g/mol. The number of rotatable bonds is 6. The van der Waals surface area contributed by atoms with Crippen LogP contribution in [0.2, 0.25) is 18.1 Å². The SMILES string of the molecule is COC(=O)c1cccc(-c2c(OC)cc(O[Si](C)(C)C(C)(C)C)cc2OC)c1C. The molecular formula is C23H32O5Si. The molecule has 5 nitrogen and oxygen atoms in total. The van der Waals surface area contributed by atoms with Crippen molar-refractivity contribution in [2.75, 3.05) is 21.3 Å². The summed E-state index contributed by atoms with van der Waals surface area (Å²) in [4.78, 5) is 12.1. The maximum atomic E-state index is 12.1. The van der Waals surface area contributed by atoms with Gasteiger partial charge < -0.3 is 18.6 Å². The van der Waals surface area contributed by atoms with E-state index >= 15 is 0 Å². The highest BCUT2D eigenvalue weighted by atomic mass is 28.4. The number of esters is 1. The normalized spacial score (nSPS) is 11.8. The Morgan fingerprint density at radius 1 is 0.966 bits per heavy atom. The predicted molar refractivity (Wildman–Crippen MR) is 119 cm³/mol. The highest BCUT2D eigenvalue weighted by molar-refractivity contribution is 6.74. The zero-order chi connectivity index (χ0) is 22.0. The number of hydrogen-bond acceptors (Lipinski definition) is 5. The highest BCUT2D eigenvalue weighted by Crippen LogP contribution is 2.45. The molecule has 29 heavy (non-hydrogen) atoms. The van der Waals surface area contributed by atoms with Crippen LogP contribution in [0.1, 0.15) is 36.7 Å². The predicted octanol–water partition coefficient (Wildman–Crippen LogP) is 5.85. The first-order chi connectivity index (χ1) is 13.5. The van der Waals surface area contributed by atoms with Crippen molar-refractivity contribution in [2.45, 2.75) is 45.8 Å². The lowest BCUT2D eigenvalue weighted by molar-refractivity contribution is 0.0600. The molecule has 0 heterocycles. The van der Waals surface area contributed by atoms with Crippen LogP contribution in [0.5, 0.6) is 17.2 Å². The summed E-state index contributed by atoms with van der Waals surface area (Å²) in [7, 11) is 2.59. The van der Waals surface area contributed by atoms with Crippen LogP contribution in [0, 0.1) is 6.92 Å². The standard InChI is InChI=1S/C23H32O5Si/c1-15-17(11-10-12-18(15)22(24)27-7)21-19(25-5)13-16(14-20(21)26-6)28-29(8,9)23(2,3)4/h10-14H,1-9H3. The fourth-order valence-electron chi connectivity index (χ4n) is 2.90. The van der Waals surface area contributed by atoms with Crippen molar-refractivity contribution in [3.63, 3.8) is 0 Å². The van der Waals surface area contributed by atoms with Gasteiger partial charge in [-0.1, -0.05) is 32.9 Å². The second-order valence-corrected chi connectivity index (χ2v) is 13.3. The van der Waals surface area contributed by atoms with Crippen molar-refractivity contribution >= 4 is 14.3 Å². The van der Waals surface area contributed by atoms with Gasteiger partial charge in [0, 0.05) is 12.1 Å². The number of methoxy groups -OCH3 is 3. The van der Waals surface area contributed by atoms with Crippen LogP contribution in [0.3, 0.4) is 0 Å². The summed E-state index contributed by atoms with van der Waals surface area (Å²) in [5.74, 6) is 1.60. The molecule has 6 heteroatoms. The van der Waals surface area contributed by atoms with Gasteiger partial charge in [0.1, 0.15) is 17.2 Å². The highest BCUT2D eigenvalue weighted by Gasteiger charge is 2.39. The van der Waals surface area contributed by atoms with Gasteiger partial charge in [0.25, 0.3) is 0 Å². The molecule has 0 aliphatic heterocycles. The summed E-state index contributed by atoms with van der Waals surface area (Å²) in [5.41, 5.74) is 2.94. The van der Waals surface area contributed by atoms with Gasteiger partial charge in [0.2, 0.25) is 8.32 Å². The molecule has 0 N–H and O–H groups in total. The zero-order valence-electron chi connectivity index (χ0n) is 18.9. The number of ether oxygens (including phenoxy) is 3. The van der Waals surface area contributed by atoms with Crippen LogP contribution in [0.25, 0.3) is 11.1 Å². The Bertz CT molecular complexity index is 872. The van der Waals surface area contributed by atoms with Crippen LogP contribution in [-0.2, 0) is 4.74 Å². The minimum Gasteiger partial charge on any atom is -0.543 e. The Labute approximate surface area is 175 Å². The zero-order valence-corrected chi connectivity index (χ0v) is 19.9. The molecule has 0 unspecified atom stereocenters. The lowest BCUT2D eigenvalue weighted by Crippen LogP contribution is -2.43. The van der Waals surface area contributed by atoms with E-state index in [1.807, 2.05) is 31.2 Å². The van der Waals surface area contributed by atoms with E-state index in [1.54, 1.807) is 20.3 Å². The summed E-state index contributed by atoms with van der Waals surface area (Å²) in [5, 5.41) is 0.0670. The molecule has 0 atom stereocenters. The minimum absolute atomic E-state index is 0.0670. The Morgan fingerprint density at radius 2 is 1.52 bits per heavy atom. The van der Waals surface area contributed by atoms with E-state index in [-0.39, 0.29) is 11.0 Å². The molecule has 0 fully saturated rings. The van der Waals surface area contributed by atoms with E-state index in [4.69, 9.17) is 18.6 Å². The number of carbonyl (C=O) groups is 1. The topological polar surface area (TPSA) is 54.0 Å². The Morgan fingerprint density at radius 3 is 1.97 bits per heavy atom. The largest absolute Gasteiger partial charge is 0.543 e. The Balaban J connectivity index is 2.65. The van der Waals surface area contributed by atoms with Crippen molar-refractivity contribution in [3.8, 4) is 28.4 Å². The molecule has 0 radical (unpaired) electrons. The molecule has 0 spiro atoms. The quantitative estimate of drug-likeness (QED) is 0.437. The molecule has 0 aromatic heterocycles. The van der Waals surface area contributed by atoms with Gasteiger partial charge in [-0.3, -0.25) is 0 Å². The van der Waals surface area contributed by atoms with E-state index in [9.17, 15) is 4.79 Å². The van der Waals surface area contributed by atoms with Gasteiger partial charge in [-0.05, 0) is 42.2 Å². The lowest BCUT2D eigenvalue weighted by atomic mass is 9.95. The second-order valence-electron chi connectivity index (χ2n) is 8.53. The minimum atomic E-state index is -2.03. The van der Waals surface area contributed by atoms with E-state index in [0.29, 0.717) is 17.1 Å². The molecule has 0 aliphatic rings. The lowest BCUT2D eigenvalue weighted by Gasteiger charge is -2.36. The van der Waals surface area contributed by atoms with Crippen LogP contribution in [-0.4, -0.2) is 35.6 Å². The summed E-state index contributed by atoms with van der Waals surface area (Å²) < 4.78 is 22.8. The Hall–Kier alpha value is -2.47. The van der Waals surface area contributed by atoms with Gasteiger partial charge in [-0.25, -0.2) is 4.79 Å². The molecular weight excluding hydrogens is 384 g/mol. The third-order valence-corrected chi connectivity index (χ3v) is 10.0. The van der Waals surface area contributed by atoms with Crippen LogP contribution in [0.15, 0.2) is 30.3 Å². The number of benzene rings is 2. The van der Waals surface area contributed by atoms with Gasteiger partial charge in [0.15, 0.2) is 0 Å². The van der Waals surface area contributed by atoms with Crippen molar-refractivity contribution in [1.82, 2.24) is 0 Å². The van der Waals surface area contributed by atoms with Crippen molar-refractivity contribution in [1.29, 1.82) is 0 Å². The summed E-state index contributed by atoms with van der Waals surface area (Å²) >= 11 is 0. The Kier molecular flexibility index (Phi) is 6.68. The van der Waals surface area contributed by atoms with Crippen molar-refractivity contribution < 1.29 is 23.4 Å². The molecule has 2 aromatic rings. The van der Waals surface area contributed by atoms with E-state index in [2.05, 4.69) is 33.9 Å². The molecule has 0 saturated carbocycles. The van der Waals surface area contributed by atoms with Gasteiger partial charge >= 0.3 is 5.97 Å². The monoisotopic (exact) mass is 416 g/mol. The molecule has 0 amide bonds. The van der Waals surface area contributed by atoms with E-state index in [0.717, 1.165) is 22.4 Å². The summed E-state index contributed by atoms with van der Waals surface area (Å²) in [6.45, 7) is 12.9. The smallest absolute Gasteiger partial charge is 0.338 e. The van der Waals surface area contributed by atoms with Crippen molar-refractivity contribution in [2.24, 2.45) is 0 Å². The van der Waals surface area contributed by atoms with E-state index in [1.165, 1.54) is 7.11 Å². The van der Waals surface area contributed by atoms with E-state index < -0.39 is 8.32 Å². The second kappa shape index (κ2) is 8.49. The first kappa shape index (κ1) is 22.8. The number of hydrogen-bond donors (Lipinski definition) is 0.